The molecule has 5 nitrogen and oxygen atoms in total. The van der Waals surface area contributed by atoms with Crippen LogP contribution < -0.4 is 0 Å². The highest BCUT2D eigenvalue weighted by atomic mass is 19.1. The van der Waals surface area contributed by atoms with Crippen LogP contribution in [-0.2, 0) is 9.59 Å². The van der Waals surface area contributed by atoms with Crippen LogP contribution in [0.15, 0.2) is 23.8 Å². The zero-order chi connectivity index (χ0) is 20.7. The van der Waals surface area contributed by atoms with Crippen LogP contribution in [0.25, 0.3) is 0 Å². The lowest BCUT2D eigenvalue weighted by molar-refractivity contribution is -0.219. The summed E-state index contributed by atoms with van der Waals surface area (Å²) in [7, 11) is 0. The molecule has 4 rings (SSSR count). The molecule has 3 saturated carbocycles. The summed E-state index contributed by atoms with van der Waals surface area (Å²) >= 11 is 0. The molecule has 154 valence electrons. The Morgan fingerprint density at radius 2 is 2.00 bits per heavy atom. The molecule has 3 fully saturated rings. The predicted molar refractivity (Wildman–Crippen MR) is 99.9 cm³/mol. The molecule has 0 aromatic rings. The van der Waals surface area contributed by atoms with Crippen LogP contribution in [-0.4, -0.2) is 50.9 Å². The maximum absolute atomic E-state index is 16.9. The van der Waals surface area contributed by atoms with Crippen molar-refractivity contribution >= 4 is 11.6 Å². The molecule has 28 heavy (non-hydrogen) atoms. The minimum atomic E-state index is -1.98. The van der Waals surface area contributed by atoms with Gasteiger partial charge < -0.3 is 15.3 Å². The van der Waals surface area contributed by atoms with Crippen molar-refractivity contribution in [1.29, 1.82) is 0 Å². The predicted octanol–water partition coefficient (Wildman–Crippen LogP) is 1.90. The molecule has 0 saturated heterocycles. The van der Waals surface area contributed by atoms with Gasteiger partial charge in [-0.2, -0.15) is 0 Å². The molecule has 0 unspecified atom stereocenters. The van der Waals surface area contributed by atoms with Crippen molar-refractivity contribution in [3.8, 4) is 0 Å². The molecular formula is C22H29FO5. The number of rotatable bonds is 2. The molecule has 0 aromatic heterocycles. The van der Waals surface area contributed by atoms with Crippen molar-refractivity contribution in [1.82, 2.24) is 0 Å². The van der Waals surface area contributed by atoms with Gasteiger partial charge in [-0.1, -0.05) is 25.5 Å². The maximum atomic E-state index is 16.9. The largest absolute Gasteiger partial charge is 0.390 e. The maximum Gasteiger partial charge on any atom is 0.190 e. The summed E-state index contributed by atoms with van der Waals surface area (Å²) < 4.78 is 16.9. The Morgan fingerprint density at radius 1 is 1.32 bits per heavy atom. The summed E-state index contributed by atoms with van der Waals surface area (Å²) in [6.45, 7) is 4.48. The minimum Gasteiger partial charge on any atom is -0.390 e. The topological polar surface area (TPSA) is 94.8 Å². The Kier molecular flexibility index (Phi) is 4.15. The van der Waals surface area contributed by atoms with Gasteiger partial charge in [0.15, 0.2) is 17.2 Å². The third-order valence-electron chi connectivity index (χ3n) is 8.79. The number of ketones is 2. The van der Waals surface area contributed by atoms with Gasteiger partial charge >= 0.3 is 0 Å². The van der Waals surface area contributed by atoms with Gasteiger partial charge in [0.25, 0.3) is 0 Å². The number of hydrogen-bond donors (Lipinski definition) is 3. The second-order valence-corrected chi connectivity index (χ2v) is 9.75. The number of alkyl halides is 1. The van der Waals surface area contributed by atoms with Crippen LogP contribution in [0.1, 0.15) is 46.5 Å². The van der Waals surface area contributed by atoms with Gasteiger partial charge in [-0.15, -0.1) is 0 Å². The Labute approximate surface area is 164 Å². The van der Waals surface area contributed by atoms with Gasteiger partial charge in [0.2, 0.25) is 0 Å². The van der Waals surface area contributed by atoms with E-state index >= 15 is 4.39 Å². The van der Waals surface area contributed by atoms with E-state index in [2.05, 4.69) is 0 Å². The minimum absolute atomic E-state index is 0.0676. The SMILES string of the molecule is C[C@H]1C[C@H]2[C@@H]3CCC4=CC(=O)C=C[C@]4(C)[C@]3(F)[C@H](O)C[C@]2(C)[C@]1(O)C(=O)CO. The second kappa shape index (κ2) is 5.83. The summed E-state index contributed by atoms with van der Waals surface area (Å²) in [6.07, 6.45) is 4.44. The molecule has 6 heteroatoms. The van der Waals surface area contributed by atoms with Crippen molar-refractivity contribution in [2.45, 2.75) is 63.8 Å². The second-order valence-electron chi connectivity index (χ2n) is 9.75. The highest BCUT2D eigenvalue weighted by Gasteiger charge is 2.75. The van der Waals surface area contributed by atoms with Gasteiger partial charge in [-0.05, 0) is 56.6 Å². The van der Waals surface area contributed by atoms with Crippen LogP contribution in [0.2, 0.25) is 0 Å². The van der Waals surface area contributed by atoms with E-state index in [1.165, 1.54) is 12.2 Å². The number of Topliss-reactive ketones (excluding diaryl/α,β-unsaturated/α-hetero) is 1. The molecule has 3 N–H and O–H groups in total. The molecule has 4 aliphatic carbocycles. The lowest BCUT2D eigenvalue weighted by atomic mass is 9.44. The molecule has 4 aliphatic rings. The lowest BCUT2D eigenvalue weighted by Gasteiger charge is -2.62. The van der Waals surface area contributed by atoms with Gasteiger partial charge in [-0.3, -0.25) is 9.59 Å². The molecule has 0 amide bonds. The fourth-order valence-corrected chi connectivity index (χ4v) is 7.26. The van der Waals surface area contributed by atoms with Crippen molar-refractivity contribution in [3.05, 3.63) is 23.8 Å². The fourth-order valence-electron chi connectivity index (χ4n) is 7.26. The first-order valence-electron chi connectivity index (χ1n) is 10.1. The Hall–Kier alpha value is -1.37. The molecule has 0 radical (unpaired) electrons. The van der Waals surface area contributed by atoms with E-state index in [9.17, 15) is 24.9 Å². The van der Waals surface area contributed by atoms with Crippen LogP contribution in [0.3, 0.4) is 0 Å². The number of fused-ring (bicyclic) bond motifs is 5. The first-order valence-corrected chi connectivity index (χ1v) is 10.1. The van der Waals surface area contributed by atoms with E-state index in [0.29, 0.717) is 24.8 Å². The number of halogens is 1. The van der Waals surface area contributed by atoms with Gasteiger partial charge in [0.1, 0.15) is 12.2 Å². The summed E-state index contributed by atoms with van der Waals surface area (Å²) in [5.74, 6) is -2.12. The smallest absolute Gasteiger partial charge is 0.190 e. The molecular weight excluding hydrogens is 363 g/mol. The molecule has 0 spiro atoms. The number of hydrogen-bond acceptors (Lipinski definition) is 5. The number of aliphatic hydroxyl groups excluding tert-OH is 2. The quantitative estimate of drug-likeness (QED) is 0.667. The summed E-state index contributed by atoms with van der Waals surface area (Å²) in [5, 5.41) is 32.0. The summed E-state index contributed by atoms with van der Waals surface area (Å²) in [6, 6.07) is 0. The first kappa shape index (κ1) is 19.9. The number of allylic oxidation sites excluding steroid dienone is 4. The molecule has 0 aromatic carbocycles. The zero-order valence-corrected chi connectivity index (χ0v) is 16.6. The third-order valence-corrected chi connectivity index (χ3v) is 8.79. The van der Waals surface area contributed by atoms with E-state index in [1.807, 2.05) is 0 Å². The van der Waals surface area contributed by atoms with Gasteiger partial charge in [0.05, 0.1) is 6.10 Å². The average Bonchev–Trinajstić information content (AvgIpc) is 2.84. The van der Waals surface area contributed by atoms with Crippen molar-refractivity contribution < 1.29 is 29.3 Å². The standard InChI is InChI=1S/C22H29FO5/c1-12-8-16-15-5-4-13-9-14(25)6-7-19(13,2)21(15,23)17(26)10-20(16,3)22(12,28)18(27)11-24/h6-7,9,12,15-17,24,26,28H,4-5,8,10-11H2,1-3H3/t12-,15-,16-,17+,19-,20-,21+,22+/m0/s1. The van der Waals surface area contributed by atoms with Crippen molar-refractivity contribution in [2.75, 3.05) is 6.61 Å². The lowest BCUT2D eigenvalue weighted by Crippen LogP contribution is -2.69. The van der Waals surface area contributed by atoms with E-state index in [0.717, 1.165) is 0 Å². The monoisotopic (exact) mass is 392 g/mol. The van der Waals surface area contributed by atoms with Crippen LogP contribution in [0, 0.1) is 28.6 Å². The summed E-state index contributed by atoms with van der Waals surface area (Å²) in [5.41, 5.74) is -5.17. The number of carbonyl (C=O) groups is 2. The highest BCUT2D eigenvalue weighted by Crippen LogP contribution is 2.70. The first-order chi connectivity index (χ1) is 13.0. The van der Waals surface area contributed by atoms with Crippen molar-refractivity contribution in [3.63, 3.8) is 0 Å². The summed E-state index contributed by atoms with van der Waals surface area (Å²) in [4.78, 5) is 24.4. The molecule has 8 atom stereocenters. The Balaban J connectivity index is 1.84. The van der Waals surface area contributed by atoms with Gasteiger partial charge in [-0.25, -0.2) is 4.39 Å². The average molecular weight is 392 g/mol. The van der Waals surface area contributed by atoms with Crippen LogP contribution in [0.5, 0.6) is 0 Å². The van der Waals surface area contributed by atoms with E-state index in [1.54, 1.807) is 26.8 Å². The van der Waals surface area contributed by atoms with E-state index in [-0.39, 0.29) is 18.1 Å². The van der Waals surface area contributed by atoms with E-state index < -0.39 is 52.4 Å². The van der Waals surface area contributed by atoms with Crippen LogP contribution >= 0.6 is 0 Å². The Bertz CT molecular complexity index is 805. The normalized spacial score (nSPS) is 52.5. The van der Waals surface area contributed by atoms with Crippen molar-refractivity contribution in [2.24, 2.45) is 28.6 Å². The molecule has 0 heterocycles. The number of aliphatic hydroxyl groups is 3. The fraction of sp³-hybridized carbons (Fsp3) is 0.727. The molecule has 0 aliphatic heterocycles. The highest BCUT2D eigenvalue weighted by molar-refractivity contribution is 6.01. The number of carbonyl (C=O) groups excluding carboxylic acids is 2. The third kappa shape index (κ3) is 2.01. The molecule has 0 bridgehead atoms. The van der Waals surface area contributed by atoms with E-state index in [4.69, 9.17) is 0 Å². The van der Waals surface area contributed by atoms with Crippen LogP contribution in [0.4, 0.5) is 4.39 Å². The van der Waals surface area contributed by atoms with Gasteiger partial charge in [0, 0.05) is 16.7 Å². The zero-order valence-electron chi connectivity index (χ0n) is 16.6. The Morgan fingerprint density at radius 3 is 2.64 bits per heavy atom.